The molecule has 1 aromatic heterocycles. The molecule has 0 aliphatic rings. The van der Waals surface area contributed by atoms with Crippen molar-refractivity contribution >= 4 is 40.1 Å². The first-order valence-corrected chi connectivity index (χ1v) is 6.84. The first kappa shape index (κ1) is 14.2. The van der Waals surface area contributed by atoms with Gasteiger partial charge in [-0.1, -0.05) is 11.6 Å². The van der Waals surface area contributed by atoms with Gasteiger partial charge in [-0.2, -0.15) is 0 Å². The number of aryl methyl sites for hydroxylation is 1. The molecule has 0 bridgehead atoms. The minimum atomic E-state index is -0.447. The molecule has 0 aliphatic carbocycles. The summed E-state index contributed by atoms with van der Waals surface area (Å²) < 4.78 is 6.47. The number of hydrogen-bond acceptors (Lipinski definition) is 3. The van der Waals surface area contributed by atoms with Crippen molar-refractivity contribution in [1.82, 2.24) is 4.57 Å². The number of nitrogens with zero attached hydrogens (tertiary/aromatic N) is 1. The van der Waals surface area contributed by atoms with Gasteiger partial charge in [0.25, 0.3) is 0 Å². The van der Waals surface area contributed by atoms with E-state index in [2.05, 4.69) is 10.6 Å². The minimum absolute atomic E-state index is 0.403. The van der Waals surface area contributed by atoms with E-state index >= 15 is 0 Å². The van der Waals surface area contributed by atoms with Crippen molar-refractivity contribution < 1.29 is 9.21 Å². The number of carbonyl (C=O) groups is 1. The van der Waals surface area contributed by atoms with Gasteiger partial charge in [0.15, 0.2) is 5.58 Å². The molecule has 2 aromatic carbocycles. The van der Waals surface area contributed by atoms with Crippen LogP contribution in [0.25, 0.3) is 11.1 Å². The van der Waals surface area contributed by atoms with Crippen molar-refractivity contribution in [1.29, 1.82) is 0 Å². The average Bonchev–Trinajstić information content (AvgIpc) is 2.76. The van der Waals surface area contributed by atoms with Gasteiger partial charge in [0.05, 0.1) is 5.52 Å². The third-order valence-electron chi connectivity index (χ3n) is 3.15. The predicted molar refractivity (Wildman–Crippen MR) is 85.5 cm³/mol. The lowest BCUT2D eigenvalue weighted by atomic mass is 10.3. The molecule has 2 N–H and O–H groups in total. The molecule has 0 radical (unpaired) electrons. The van der Waals surface area contributed by atoms with Crippen LogP contribution < -0.4 is 16.4 Å². The third kappa shape index (κ3) is 2.82. The number of anilines is 2. The highest BCUT2D eigenvalue weighted by atomic mass is 35.5. The summed E-state index contributed by atoms with van der Waals surface area (Å²) in [5.74, 6) is -0.447. The molecule has 3 aromatic rings. The summed E-state index contributed by atoms with van der Waals surface area (Å²) in [4.78, 5) is 23.3. The number of rotatable bonds is 2. The number of carbonyl (C=O) groups excluding carboxylic acids is 1. The topological polar surface area (TPSA) is 76.3 Å². The van der Waals surface area contributed by atoms with Crippen molar-refractivity contribution in [3.63, 3.8) is 0 Å². The van der Waals surface area contributed by atoms with Gasteiger partial charge in [-0.05, 0) is 36.4 Å². The van der Waals surface area contributed by atoms with Crippen LogP contribution >= 0.6 is 11.6 Å². The van der Waals surface area contributed by atoms with Crippen molar-refractivity contribution in [2.45, 2.75) is 0 Å². The molecule has 22 heavy (non-hydrogen) atoms. The van der Waals surface area contributed by atoms with Crippen molar-refractivity contribution in [2.75, 3.05) is 10.6 Å². The maximum Gasteiger partial charge on any atom is 0.419 e. The van der Waals surface area contributed by atoms with Crippen LogP contribution in [0.1, 0.15) is 0 Å². The first-order valence-electron chi connectivity index (χ1n) is 6.46. The maximum absolute atomic E-state index is 11.9. The first-order chi connectivity index (χ1) is 10.5. The lowest BCUT2D eigenvalue weighted by Gasteiger charge is -2.07. The number of aromatic nitrogens is 1. The van der Waals surface area contributed by atoms with E-state index in [0.29, 0.717) is 27.5 Å². The number of nitrogens with one attached hydrogen (secondary N) is 2. The fourth-order valence-corrected chi connectivity index (χ4v) is 2.16. The lowest BCUT2D eigenvalue weighted by molar-refractivity contribution is 0.262. The van der Waals surface area contributed by atoms with Crippen LogP contribution in [0.3, 0.4) is 0 Å². The van der Waals surface area contributed by atoms with Gasteiger partial charge in [-0.25, -0.2) is 9.59 Å². The van der Waals surface area contributed by atoms with Gasteiger partial charge >= 0.3 is 11.8 Å². The zero-order valence-corrected chi connectivity index (χ0v) is 12.3. The number of oxazole rings is 1. The van der Waals surface area contributed by atoms with Gasteiger partial charge in [-0.15, -0.1) is 0 Å². The van der Waals surface area contributed by atoms with Crippen molar-refractivity contribution in [3.05, 3.63) is 58.0 Å². The van der Waals surface area contributed by atoms with Gasteiger partial charge in [0.2, 0.25) is 0 Å². The van der Waals surface area contributed by atoms with Gasteiger partial charge < -0.3 is 15.1 Å². The second-order valence-electron chi connectivity index (χ2n) is 4.70. The highest BCUT2D eigenvalue weighted by Gasteiger charge is 2.08. The number of urea groups is 1. The lowest BCUT2D eigenvalue weighted by Crippen LogP contribution is -2.19. The van der Waals surface area contributed by atoms with Crippen LogP contribution in [0.2, 0.25) is 5.02 Å². The van der Waals surface area contributed by atoms with E-state index in [0.717, 1.165) is 0 Å². The Bertz CT molecular complexity index is 897. The highest BCUT2D eigenvalue weighted by Crippen LogP contribution is 2.18. The van der Waals surface area contributed by atoms with Crippen molar-refractivity contribution in [2.24, 2.45) is 7.05 Å². The molecule has 1 heterocycles. The molecule has 3 rings (SSSR count). The van der Waals surface area contributed by atoms with Gasteiger partial charge in [0.1, 0.15) is 0 Å². The Morgan fingerprint density at radius 1 is 1.09 bits per heavy atom. The average molecular weight is 318 g/mol. The second-order valence-corrected chi connectivity index (χ2v) is 5.13. The summed E-state index contributed by atoms with van der Waals surface area (Å²) in [6.45, 7) is 0. The quantitative estimate of drug-likeness (QED) is 0.760. The van der Waals surface area contributed by atoms with E-state index < -0.39 is 11.8 Å². The van der Waals surface area contributed by atoms with E-state index in [1.165, 1.54) is 4.57 Å². The van der Waals surface area contributed by atoms with Crippen LogP contribution in [0.5, 0.6) is 0 Å². The largest absolute Gasteiger partial charge is 0.419 e. The molecule has 112 valence electrons. The molecule has 0 spiro atoms. The van der Waals surface area contributed by atoms with Crippen LogP contribution in [-0.4, -0.2) is 10.6 Å². The summed E-state index contributed by atoms with van der Waals surface area (Å²) >= 11 is 5.78. The zero-order valence-electron chi connectivity index (χ0n) is 11.6. The fourth-order valence-electron chi connectivity index (χ4n) is 2.04. The fraction of sp³-hybridized carbons (Fsp3) is 0.0667. The molecule has 7 heteroatoms. The Kier molecular flexibility index (Phi) is 3.60. The number of hydrogen-bond donors (Lipinski definition) is 2. The molecule has 0 fully saturated rings. The Balaban J connectivity index is 1.76. The van der Waals surface area contributed by atoms with Crippen LogP contribution in [0, 0.1) is 0 Å². The Hall–Kier alpha value is -2.73. The highest BCUT2D eigenvalue weighted by molar-refractivity contribution is 6.30. The van der Waals surface area contributed by atoms with Crippen LogP contribution in [0.15, 0.2) is 51.7 Å². The van der Waals surface area contributed by atoms with Crippen molar-refractivity contribution in [3.8, 4) is 0 Å². The number of benzene rings is 2. The molecule has 0 aliphatic heterocycles. The summed E-state index contributed by atoms with van der Waals surface area (Å²) in [6.07, 6.45) is 0. The Morgan fingerprint density at radius 3 is 2.45 bits per heavy atom. The van der Waals surface area contributed by atoms with Gasteiger partial charge in [-0.3, -0.25) is 4.57 Å². The molecule has 0 saturated heterocycles. The predicted octanol–water partition coefficient (Wildman–Crippen LogP) is 3.43. The van der Waals surface area contributed by atoms with Crippen LogP contribution in [-0.2, 0) is 7.05 Å². The van der Waals surface area contributed by atoms with Crippen LogP contribution in [0.4, 0.5) is 16.2 Å². The smallest absolute Gasteiger partial charge is 0.408 e. The van der Waals surface area contributed by atoms with E-state index in [-0.39, 0.29) is 0 Å². The molecule has 2 amide bonds. The van der Waals surface area contributed by atoms with E-state index in [1.54, 1.807) is 49.5 Å². The third-order valence-corrected chi connectivity index (χ3v) is 3.40. The molecule has 0 atom stereocenters. The Morgan fingerprint density at radius 2 is 1.73 bits per heavy atom. The standard InChI is InChI=1S/C15H12ClN3O3/c1-19-12-7-6-11(8-13(12)22-15(19)21)18-14(20)17-10-4-2-9(16)3-5-10/h2-8H,1H3,(H2,17,18,20). The monoisotopic (exact) mass is 317 g/mol. The van der Waals surface area contributed by atoms with E-state index in [4.69, 9.17) is 16.0 Å². The van der Waals surface area contributed by atoms with Gasteiger partial charge in [0, 0.05) is 29.5 Å². The molecule has 0 saturated carbocycles. The molecule has 0 unspecified atom stereocenters. The van der Waals surface area contributed by atoms with E-state index in [1.807, 2.05) is 0 Å². The summed E-state index contributed by atoms with van der Waals surface area (Å²) in [5, 5.41) is 5.94. The normalized spacial score (nSPS) is 10.6. The summed E-state index contributed by atoms with van der Waals surface area (Å²) in [5.41, 5.74) is 2.22. The summed E-state index contributed by atoms with van der Waals surface area (Å²) in [6, 6.07) is 11.3. The SMILES string of the molecule is Cn1c(=O)oc2cc(NC(=O)Nc3ccc(Cl)cc3)ccc21. The molecule has 6 nitrogen and oxygen atoms in total. The number of amides is 2. The zero-order chi connectivity index (χ0) is 15.7. The number of halogens is 1. The van der Waals surface area contributed by atoms with E-state index in [9.17, 15) is 9.59 Å². The summed E-state index contributed by atoms with van der Waals surface area (Å²) in [7, 11) is 1.62. The minimum Gasteiger partial charge on any atom is -0.408 e. The maximum atomic E-state index is 11.9. The molecular formula is C15H12ClN3O3. The Labute approximate surface area is 130 Å². The molecular weight excluding hydrogens is 306 g/mol. The second kappa shape index (κ2) is 5.57. The number of fused-ring (bicyclic) bond motifs is 1.